The van der Waals surface area contributed by atoms with Gasteiger partial charge < -0.3 is 25.3 Å². The molecule has 2 N–H and O–H groups in total. The maximum atomic E-state index is 12.7. The maximum absolute atomic E-state index is 12.7. The fourth-order valence-electron chi connectivity index (χ4n) is 4.70. The molecule has 0 aromatic carbocycles. The van der Waals surface area contributed by atoms with Crippen molar-refractivity contribution in [2.75, 3.05) is 54.9 Å². The van der Waals surface area contributed by atoms with Crippen molar-refractivity contribution >= 4 is 29.1 Å². The summed E-state index contributed by atoms with van der Waals surface area (Å²) in [6, 6.07) is 3.92. The van der Waals surface area contributed by atoms with E-state index in [0.29, 0.717) is 29.6 Å². The second-order valence-electron chi connectivity index (χ2n) is 9.55. The number of ketones is 1. The molecule has 1 atom stereocenters. The third-order valence-corrected chi connectivity index (χ3v) is 6.42. The predicted octanol–water partition coefficient (Wildman–Crippen LogP) is 2.02. The van der Waals surface area contributed by atoms with E-state index in [1.807, 2.05) is 12.3 Å². The van der Waals surface area contributed by atoms with Gasteiger partial charge in [0.1, 0.15) is 11.6 Å². The number of aromatic nitrogens is 3. The Morgan fingerprint density at radius 2 is 1.94 bits per heavy atom. The molecule has 168 valence electrons. The maximum Gasteiger partial charge on any atom is 0.230 e. The summed E-state index contributed by atoms with van der Waals surface area (Å²) in [6.07, 6.45) is 3.90. The van der Waals surface area contributed by atoms with Crippen molar-refractivity contribution in [1.29, 1.82) is 0 Å². The van der Waals surface area contributed by atoms with Gasteiger partial charge in [0, 0.05) is 56.6 Å². The Balaban J connectivity index is 1.36. The first-order valence-electron chi connectivity index (χ1n) is 11.1. The van der Waals surface area contributed by atoms with Gasteiger partial charge in [0.25, 0.3) is 0 Å². The van der Waals surface area contributed by atoms with Gasteiger partial charge in [-0.1, -0.05) is 6.58 Å². The van der Waals surface area contributed by atoms with Crippen molar-refractivity contribution in [1.82, 2.24) is 25.2 Å². The van der Waals surface area contributed by atoms with E-state index in [9.17, 15) is 4.79 Å². The van der Waals surface area contributed by atoms with Crippen LogP contribution in [0.15, 0.2) is 36.8 Å². The molecule has 9 nitrogen and oxygen atoms in total. The fraction of sp³-hybridized carbons (Fsp3) is 0.478. The second kappa shape index (κ2) is 7.74. The summed E-state index contributed by atoms with van der Waals surface area (Å²) < 4.78 is 0. The molecule has 0 saturated carbocycles. The lowest BCUT2D eigenvalue weighted by atomic mass is 9.89. The molecule has 0 spiro atoms. The molecular weight excluding hydrogens is 404 g/mol. The van der Waals surface area contributed by atoms with E-state index in [0.717, 1.165) is 44.1 Å². The van der Waals surface area contributed by atoms with Crippen LogP contribution >= 0.6 is 0 Å². The third-order valence-electron chi connectivity index (χ3n) is 6.42. The number of fused-ring (bicyclic) bond motifs is 3. The minimum Gasteiger partial charge on any atom is -0.380 e. The van der Waals surface area contributed by atoms with Gasteiger partial charge >= 0.3 is 0 Å². The molecule has 32 heavy (non-hydrogen) atoms. The SMILES string of the molecule is C=C1NC(C)(C)CN2c3nc(Nc4ccc(N5CCN(C)CC5)cn4)ncc3C(=O)CC12. The third kappa shape index (κ3) is 3.88. The summed E-state index contributed by atoms with van der Waals surface area (Å²) in [7, 11) is 2.15. The number of hydrogen-bond donors (Lipinski definition) is 2. The summed E-state index contributed by atoms with van der Waals surface area (Å²) in [4.78, 5) is 33.2. The number of pyridine rings is 1. The number of carbonyl (C=O) groups excluding carboxylic acids is 1. The van der Waals surface area contributed by atoms with E-state index in [-0.39, 0.29) is 17.4 Å². The van der Waals surface area contributed by atoms with Crippen LogP contribution in [0.2, 0.25) is 0 Å². The number of nitrogens with one attached hydrogen (secondary N) is 2. The molecule has 2 aromatic rings. The molecule has 0 radical (unpaired) electrons. The average molecular weight is 435 g/mol. The zero-order chi connectivity index (χ0) is 22.5. The number of anilines is 4. The van der Waals surface area contributed by atoms with E-state index in [1.54, 1.807) is 6.20 Å². The normalized spacial score (nSPS) is 22.8. The van der Waals surface area contributed by atoms with Crippen molar-refractivity contribution in [3.8, 4) is 0 Å². The highest BCUT2D eigenvalue weighted by Gasteiger charge is 2.41. The van der Waals surface area contributed by atoms with Gasteiger partial charge in [-0.15, -0.1) is 0 Å². The molecule has 0 aliphatic carbocycles. The minimum absolute atomic E-state index is 0.0464. The van der Waals surface area contributed by atoms with Crippen molar-refractivity contribution in [3.05, 3.63) is 42.4 Å². The first-order chi connectivity index (χ1) is 15.3. The molecule has 9 heteroatoms. The predicted molar refractivity (Wildman–Crippen MR) is 126 cm³/mol. The quantitative estimate of drug-likeness (QED) is 0.753. The van der Waals surface area contributed by atoms with Crippen LogP contribution in [-0.2, 0) is 0 Å². The van der Waals surface area contributed by atoms with Gasteiger partial charge in [-0.3, -0.25) is 4.79 Å². The van der Waals surface area contributed by atoms with Gasteiger partial charge in [0.15, 0.2) is 5.78 Å². The van der Waals surface area contributed by atoms with E-state index < -0.39 is 0 Å². The van der Waals surface area contributed by atoms with E-state index in [1.165, 1.54) is 0 Å². The van der Waals surface area contributed by atoms with Crippen molar-refractivity contribution in [2.24, 2.45) is 0 Å². The number of hydrogen-bond acceptors (Lipinski definition) is 9. The lowest BCUT2D eigenvalue weighted by Gasteiger charge is -2.48. The monoisotopic (exact) mass is 434 g/mol. The smallest absolute Gasteiger partial charge is 0.230 e. The zero-order valence-corrected chi connectivity index (χ0v) is 18.9. The second-order valence-corrected chi connectivity index (χ2v) is 9.55. The number of likely N-dealkylation sites (N-methyl/N-ethyl adjacent to an activating group) is 1. The van der Waals surface area contributed by atoms with E-state index in [2.05, 4.69) is 68.8 Å². The Kier molecular flexibility index (Phi) is 5.00. The van der Waals surface area contributed by atoms with Crippen LogP contribution in [0.1, 0.15) is 30.6 Å². The largest absolute Gasteiger partial charge is 0.380 e. The number of Topliss-reactive ketones (excluding diaryl/α,β-unsaturated/α-hetero) is 1. The number of nitrogens with zero attached hydrogens (tertiary/aromatic N) is 6. The number of piperazine rings is 2. The van der Waals surface area contributed by atoms with Crippen molar-refractivity contribution in [2.45, 2.75) is 31.8 Å². The summed E-state index contributed by atoms with van der Waals surface area (Å²) in [5.41, 5.74) is 2.37. The van der Waals surface area contributed by atoms with Crippen molar-refractivity contribution in [3.63, 3.8) is 0 Å². The number of carbonyl (C=O) groups is 1. The molecule has 1 unspecified atom stereocenters. The van der Waals surface area contributed by atoms with Crippen LogP contribution in [0.3, 0.4) is 0 Å². The average Bonchev–Trinajstić information content (AvgIpc) is 2.75. The molecule has 2 saturated heterocycles. The molecule has 2 fully saturated rings. The summed E-state index contributed by atoms with van der Waals surface area (Å²) in [5, 5.41) is 6.63. The van der Waals surface area contributed by atoms with Gasteiger partial charge in [-0.2, -0.15) is 4.98 Å². The molecule has 5 heterocycles. The summed E-state index contributed by atoms with van der Waals surface area (Å²) in [5.74, 6) is 1.81. The van der Waals surface area contributed by atoms with Gasteiger partial charge in [-0.25, -0.2) is 9.97 Å². The van der Waals surface area contributed by atoms with Crippen molar-refractivity contribution < 1.29 is 4.79 Å². The molecule has 3 aliphatic heterocycles. The molecule has 5 rings (SSSR count). The standard InChI is InChI=1S/C23H30N8O/c1-15-18-11-19(32)17-13-25-22(27-21(17)31(18)14-23(2,3)28-15)26-20-6-5-16(12-24-20)30-9-7-29(4)8-10-30/h5-6,12-13,18,28H,1,7-11,14H2,2-4H3,(H,24,25,26,27). The minimum atomic E-state index is -0.162. The number of rotatable bonds is 3. The van der Waals surface area contributed by atoms with Crippen LogP contribution in [0.25, 0.3) is 0 Å². The highest BCUT2D eigenvalue weighted by Crippen LogP contribution is 2.36. The van der Waals surface area contributed by atoms with Gasteiger partial charge in [0.05, 0.1) is 23.5 Å². The van der Waals surface area contributed by atoms with E-state index in [4.69, 9.17) is 4.98 Å². The van der Waals surface area contributed by atoms with Crippen LogP contribution in [0.4, 0.5) is 23.3 Å². The molecule has 2 aromatic heterocycles. The fourth-order valence-corrected chi connectivity index (χ4v) is 4.70. The first-order valence-corrected chi connectivity index (χ1v) is 11.1. The van der Waals surface area contributed by atoms with Crippen LogP contribution < -0.4 is 20.4 Å². The van der Waals surface area contributed by atoms with E-state index >= 15 is 0 Å². The molecule has 3 aliphatic rings. The Morgan fingerprint density at radius 1 is 1.16 bits per heavy atom. The lowest BCUT2D eigenvalue weighted by molar-refractivity contribution is 0.0962. The summed E-state index contributed by atoms with van der Waals surface area (Å²) in [6.45, 7) is 13.2. The van der Waals surface area contributed by atoms with Crippen LogP contribution in [0, 0.1) is 0 Å². The Hall–Kier alpha value is -3.20. The Bertz CT molecular complexity index is 1040. The lowest BCUT2D eigenvalue weighted by Crippen LogP contribution is -2.62. The molecular formula is C23H30N8O. The highest BCUT2D eigenvalue weighted by atomic mass is 16.1. The van der Waals surface area contributed by atoms with Crippen LogP contribution in [-0.4, -0.2) is 77.0 Å². The zero-order valence-electron chi connectivity index (χ0n) is 18.9. The Morgan fingerprint density at radius 3 is 2.66 bits per heavy atom. The van der Waals surface area contributed by atoms with Gasteiger partial charge in [-0.05, 0) is 33.0 Å². The van der Waals surface area contributed by atoms with Gasteiger partial charge in [0.2, 0.25) is 5.95 Å². The molecule has 0 bridgehead atoms. The van der Waals surface area contributed by atoms with Crippen LogP contribution in [0.5, 0.6) is 0 Å². The Labute approximate surface area is 188 Å². The first kappa shape index (κ1) is 20.7. The highest BCUT2D eigenvalue weighted by molar-refractivity contribution is 6.03. The molecule has 0 amide bonds. The topological polar surface area (TPSA) is 89.5 Å². The summed E-state index contributed by atoms with van der Waals surface area (Å²) >= 11 is 0.